The Morgan fingerprint density at radius 3 is 2.71 bits per heavy atom. The number of urea groups is 1. The molecule has 0 radical (unpaired) electrons. The van der Waals surface area contributed by atoms with Gasteiger partial charge in [-0.1, -0.05) is 23.7 Å². The van der Waals surface area contributed by atoms with Gasteiger partial charge in [-0.2, -0.15) is 0 Å². The summed E-state index contributed by atoms with van der Waals surface area (Å²) in [5.41, 5.74) is 2.01. The summed E-state index contributed by atoms with van der Waals surface area (Å²) in [4.78, 5) is 26.4. The normalized spacial score (nSPS) is 20.0. The Kier molecular flexibility index (Phi) is 3.54. The van der Waals surface area contributed by atoms with Crippen LogP contribution in [0.5, 0.6) is 0 Å². The highest BCUT2D eigenvalue weighted by Crippen LogP contribution is 2.33. The van der Waals surface area contributed by atoms with Crippen LogP contribution in [0, 0.1) is 0 Å². The molecule has 2 aliphatic rings. The van der Waals surface area contributed by atoms with Gasteiger partial charge in [0.2, 0.25) is 0 Å². The maximum absolute atomic E-state index is 12.8. The van der Waals surface area contributed by atoms with Crippen molar-refractivity contribution < 1.29 is 14.0 Å². The molecule has 0 saturated carbocycles. The van der Waals surface area contributed by atoms with Crippen molar-refractivity contribution >= 4 is 23.5 Å². The fourth-order valence-corrected chi connectivity index (χ4v) is 3.18. The Balaban J connectivity index is 1.64. The summed E-state index contributed by atoms with van der Waals surface area (Å²) in [5, 5.41) is 6.15. The summed E-state index contributed by atoms with van der Waals surface area (Å²) in [7, 11) is 0. The third-order valence-corrected chi connectivity index (χ3v) is 4.40. The van der Waals surface area contributed by atoms with Crippen LogP contribution in [0.2, 0.25) is 5.02 Å². The van der Waals surface area contributed by atoms with Gasteiger partial charge < -0.3 is 20.0 Å². The fourth-order valence-electron chi connectivity index (χ4n) is 3.05. The van der Waals surface area contributed by atoms with Crippen LogP contribution in [0.15, 0.2) is 58.3 Å². The van der Waals surface area contributed by atoms with Crippen molar-refractivity contribution in [3.63, 3.8) is 0 Å². The van der Waals surface area contributed by atoms with Crippen LogP contribution < -0.4 is 10.6 Å². The van der Waals surface area contributed by atoms with Crippen molar-refractivity contribution in [1.29, 1.82) is 0 Å². The van der Waals surface area contributed by atoms with Crippen LogP contribution in [0.1, 0.15) is 17.4 Å². The number of hydrogen-bond donors (Lipinski definition) is 2. The summed E-state index contributed by atoms with van der Waals surface area (Å²) in [6.07, 6.45) is 1.57. The maximum atomic E-state index is 12.8. The average molecular weight is 344 g/mol. The molecule has 2 N–H and O–H groups in total. The molecule has 4 rings (SSSR count). The van der Waals surface area contributed by atoms with E-state index in [1.165, 1.54) is 0 Å². The number of furan rings is 1. The van der Waals surface area contributed by atoms with E-state index in [-0.39, 0.29) is 11.9 Å². The number of benzene rings is 1. The molecule has 3 heterocycles. The Morgan fingerprint density at radius 1 is 1.21 bits per heavy atom. The second-order valence-corrected chi connectivity index (χ2v) is 6.15. The van der Waals surface area contributed by atoms with E-state index in [0.29, 0.717) is 35.1 Å². The van der Waals surface area contributed by atoms with E-state index >= 15 is 0 Å². The van der Waals surface area contributed by atoms with Crippen molar-refractivity contribution in [3.8, 4) is 0 Å². The smallest absolute Gasteiger partial charge is 0.319 e. The first kappa shape index (κ1) is 14.8. The highest BCUT2D eigenvalue weighted by Gasteiger charge is 2.40. The lowest BCUT2D eigenvalue weighted by Crippen LogP contribution is -2.44. The number of halogens is 1. The number of hydrogen-bond acceptors (Lipinski definition) is 3. The number of carbonyl (C=O) groups excluding carboxylic acids is 2. The predicted molar refractivity (Wildman–Crippen MR) is 87.0 cm³/mol. The van der Waals surface area contributed by atoms with Gasteiger partial charge in [0, 0.05) is 5.02 Å². The summed E-state index contributed by atoms with van der Waals surface area (Å²) in [6, 6.07) is 9.90. The maximum Gasteiger partial charge on any atom is 0.319 e. The third-order valence-electron chi connectivity index (χ3n) is 4.15. The van der Waals surface area contributed by atoms with E-state index in [2.05, 4.69) is 10.6 Å². The molecular weight excluding hydrogens is 330 g/mol. The van der Waals surface area contributed by atoms with Gasteiger partial charge in [-0.05, 0) is 29.8 Å². The molecule has 0 aliphatic carbocycles. The molecular formula is C17H14ClN3O3. The zero-order valence-corrected chi connectivity index (χ0v) is 13.3. The van der Waals surface area contributed by atoms with Crippen molar-refractivity contribution in [3.05, 3.63) is 70.3 Å². The summed E-state index contributed by atoms with van der Waals surface area (Å²) >= 11 is 5.92. The Labute approximate surface area is 143 Å². The zero-order chi connectivity index (χ0) is 16.7. The fraction of sp³-hybridized carbons (Fsp3) is 0.176. The molecule has 0 spiro atoms. The van der Waals surface area contributed by atoms with E-state index in [1.807, 2.05) is 18.2 Å². The largest absolute Gasteiger partial charge is 0.467 e. The van der Waals surface area contributed by atoms with Gasteiger partial charge in [0.1, 0.15) is 5.76 Å². The average Bonchev–Trinajstić information content (AvgIpc) is 3.17. The second-order valence-electron chi connectivity index (χ2n) is 5.72. The molecule has 2 aromatic rings. The van der Waals surface area contributed by atoms with Gasteiger partial charge in [0.15, 0.2) is 0 Å². The van der Waals surface area contributed by atoms with Crippen LogP contribution in [0.25, 0.3) is 0 Å². The summed E-state index contributed by atoms with van der Waals surface area (Å²) in [5.74, 6) is 0.583. The highest BCUT2D eigenvalue weighted by molar-refractivity contribution is 6.30. The molecule has 1 aromatic heterocycles. The standard InChI is InChI=1S/C17H14ClN3O3/c18-11-5-3-10(4-6-11)15-14-13(19-17(23)20-15)9-21(16(14)22)8-12-2-1-7-24-12/h1-7,15H,8-9H2,(H2,19,20,23). The van der Waals surface area contributed by atoms with Crippen LogP contribution in [-0.4, -0.2) is 23.4 Å². The van der Waals surface area contributed by atoms with Crippen molar-refractivity contribution in [2.24, 2.45) is 0 Å². The van der Waals surface area contributed by atoms with E-state index in [4.69, 9.17) is 16.0 Å². The van der Waals surface area contributed by atoms with E-state index in [9.17, 15) is 9.59 Å². The molecule has 24 heavy (non-hydrogen) atoms. The molecule has 3 amide bonds. The third kappa shape index (κ3) is 2.55. The molecule has 6 nitrogen and oxygen atoms in total. The predicted octanol–water partition coefficient (Wildman–Crippen LogP) is 2.58. The van der Waals surface area contributed by atoms with Gasteiger partial charge in [-0.15, -0.1) is 0 Å². The molecule has 1 atom stereocenters. The monoisotopic (exact) mass is 343 g/mol. The number of amides is 3. The van der Waals surface area contributed by atoms with Gasteiger partial charge >= 0.3 is 6.03 Å². The van der Waals surface area contributed by atoms with Gasteiger partial charge in [0.05, 0.1) is 36.7 Å². The molecule has 7 heteroatoms. The van der Waals surface area contributed by atoms with Gasteiger partial charge in [0.25, 0.3) is 5.91 Å². The quantitative estimate of drug-likeness (QED) is 0.899. The Morgan fingerprint density at radius 2 is 2.00 bits per heavy atom. The van der Waals surface area contributed by atoms with E-state index in [1.54, 1.807) is 29.4 Å². The van der Waals surface area contributed by atoms with Crippen molar-refractivity contribution in [1.82, 2.24) is 15.5 Å². The molecule has 122 valence electrons. The minimum atomic E-state index is -0.486. The second kappa shape index (κ2) is 5.72. The summed E-state index contributed by atoms with van der Waals surface area (Å²) in [6.45, 7) is 0.717. The Bertz CT molecular complexity index is 827. The van der Waals surface area contributed by atoms with Crippen LogP contribution in [0.3, 0.4) is 0 Å². The molecule has 0 fully saturated rings. The van der Waals surface area contributed by atoms with E-state index in [0.717, 1.165) is 5.56 Å². The van der Waals surface area contributed by atoms with Crippen molar-refractivity contribution in [2.75, 3.05) is 6.54 Å². The number of nitrogens with zero attached hydrogens (tertiary/aromatic N) is 1. The minimum absolute atomic E-state index is 0.117. The zero-order valence-electron chi connectivity index (χ0n) is 12.6. The molecule has 0 saturated heterocycles. The Hall–Kier alpha value is -2.73. The van der Waals surface area contributed by atoms with Crippen LogP contribution in [0.4, 0.5) is 4.79 Å². The van der Waals surface area contributed by atoms with Gasteiger partial charge in [-0.25, -0.2) is 4.79 Å². The van der Waals surface area contributed by atoms with E-state index < -0.39 is 6.04 Å². The van der Waals surface area contributed by atoms with Crippen molar-refractivity contribution in [2.45, 2.75) is 12.6 Å². The minimum Gasteiger partial charge on any atom is -0.467 e. The molecule has 1 aromatic carbocycles. The lowest BCUT2D eigenvalue weighted by atomic mass is 9.96. The SMILES string of the molecule is O=C1NC2=C(C(=O)N(Cc3ccco3)C2)C(c2ccc(Cl)cc2)N1. The van der Waals surface area contributed by atoms with Crippen LogP contribution in [-0.2, 0) is 11.3 Å². The first-order valence-corrected chi connectivity index (χ1v) is 7.87. The number of carbonyl (C=O) groups is 2. The first-order chi connectivity index (χ1) is 11.6. The molecule has 2 aliphatic heterocycles. The van der Waals surface area contributed by atoms with Crippen LogP contribution >= 0.6 is 11.6 Å². The topological polar surface area (TPSA) is 74.6 Å². The first-order valence-electron chi connectivity index (χ1n) is 7.49. The van der Waals surface area contributed by atoms with Gasteiger partial charge in [-0.3, -0.25) is 4.79 Å². The number of nitrogens with one attached hydrogen (secondary N) is 2. The highest BCUT2D eigenvalue weighted by atomic mass is 35.5. The lowest BCUT2D eigenvalue weighted by Gasteiger charge is -2.25. The molecule has 1 unspecified atom stereocenters. The lowest BCUT2D eigenvalue weighted by molar-refractivity contribution is -0.126. The summed E-state index contributed by atoms with van der Waals surface area (Å²) < 4.78 is 5.31. The number of rotatable bonds is 3. The molecule has 0 bridgehead atoms.